The molecular weight excluding hydrogens is 351 g/mol. The predicted molar refractivity (Wildman–Crippen MR) is 89.0 cm³/mol. The van der Waals surface area contributed by atoms with Crippen LogP contribution in [-0.2, 0) is 32.7 Å². The van der Waals surface area contributed by atoms with Crippen LogP contribution in [-0.4, -0.2) is 43.3 Å². The van der Waals surface area contributed by atoms with Gasteiger partial charge in [-0.3, -0.25) is 9.05 Å². The van der Waals surface area contributed by atoms with E-state index in [0.717, 1.165) is 0 Å². The number of hydrogen-bond acceptors (Lipinski definition) is 7. The number of unbranched alkanes of at least 4 members (excludes halogenated alkanes) is 4. The molecule has 0 aromatic carbocycles. The molecule has 0 atom stereocenters. The van der Waals surface area contributed by atoms with Gasteiger partial charge in [0, 0.05) is 11.8 Å². The van der Waals surface area contributed by atoms with Gasteiger partial charge in [0.2, 0.25) is 0 Å². The summed E-state index contributed by atoms with van der Waals surface area (Å²) in [6, 6.07) is 0. The van der Waals surface area contributed by atoms with Gasteiger partial charge in [0.05, 0.1) is 26.4 Å². The van der Waals surface area contributed by atoms with E-state index in [0.29, 0.717) is 38.5 Å². The molecule has 0 radical (unpaired) electrons. The van der Waals surface area contributed by atoms with Crippen molar-refractivity contribution in [1.82, 2.24) is 0 Å². The average molecular weight is 374 g/mol. The normalized spacial score (nSPS) is 10.5. The fourth-order valence-corrected chi connectivity index (χ4v) is 2.37. The Bertz CT molecular complexity index is 487. The largest absolute Gasteiger partial charge is 0.472 e. The lowest BCUT2D eigenvalue weighted by molar-refractivity contribution is -0.137. The smallest absolute Gasteiger partial charge is 0.456 e. The molecule has 0 rings (SSSR count). The number of ether oxygens (including phenoxy) is 2. The number of carbonyl (C=O) groups is 2. The highest BCUT2D eigenvalue weighted by atomic mass is 31.2. The summed E-state index contributed by atoms with van der Waals surface area (Å²) in [4.78, 5) is 30.8. The summed E-state index contributed by atoms with van der Waals surface area (Å²) in [7, 11) is -4.07. The number of phosphoric acid groups is 1. The molecule has 0 saturated heterocycles. The Kier molecular flexibility index (Phi) is 13.4. The second kappa shape index (κ2) is 14.5. The second-order valence-electron chi connectivity index (χ2n) is 4.82. The summed E-state index contributed by atoms with van der Waals surface area (Å²) in [6.45, 7) is 0.512. The standard InChI is InChI=1S/C16H23O8P/c1-3-15(17)21-11-7-5-9-13-23-25(19,20)24-14-10-6-8-12-22-16(18)4-2/h1-2H,5-14H2,(H,19,20). The fraction of sp³-hybridized carbons (Fsp3) is 0.625. The fourth-order valence-electron chi connectivity index (χ4n) is 1.57. The first-order valence-electron chi connectivity index (χ1n) is 7.80. The lowest BCUT2D eigenvalue weighted by atomic mass is 10.2. The van der Waals surface area contributed by atoms with E-state index in [-0.39, 0.29) is 26.4 Å². The maximum atomic E-state index is 11.6. The minimum Gasteiger partial charge on any atom is -0.456 e. The van der Waals surface area contributed by atoms with Crippen molar-refractivity contribution in [2.45, 2.75) is 38.5 Å². The number of carbonyl (C=O) groups excluding carboxylic acids is 2. The first-order valence-corrected chi connectivity index (χ1v) is 9.29. The van der Waals surface area contributed by atoms with E-state index in [9.17, 15) is 19.0 Å². The van der Waals surface area contributed by atoms with Crippen LogP contribution in [0.4, 0.5) is 0 Å². The van der Waals surface area contributed by atoms with Crippen LogP contribution in [0.3, 0.4) is 0 Å². The molecule has 0 aliphatic rings. The zero-order valence-corrected chi connectivity index (χ0v) is 14.9. The Hall–Kier alpha value is -1.83. The van der Waals surface area contributed by atoms with Gasteiger partial charge >= 0.3 is 19.8 Å². The summed E-state index contributed by atoms with van der Waals surface area (Å²) in [6.07, 6.45) is 13.1. The Morgan fingerprint density at radius 3 is 1.48 bits per heavy atom. The average Bonchev–Trinajstić information content (AvgIpc) is 2.59. The molecule has 0 saturated carbocycles. The van der Waals surface area contributed by atoms with Crippen LogP contribution < -0.4 is 0 Å². The Balaban J connectivity index is 3.51. The molecule has 0 aromatic heterocycles. The minimum atomic E-state index is -4.07. The van der Waals surface area contributed by atoms with Crippen molar-refractivity contribution in [3.63, 3.8) is 0 Å². The van der Waals surface area contributed by atoms with Crippen LogP contribution in [0, 0.1) is 24.7 Å². The molecule has 1 N–H and O–H groups in total. The first kappa shape index (κ1) is 23.2. The molecule has 0 amide bonds. The van der Waals surface area contributed by atoms with Gasteiger partial charge < -0.3 is 14.4 Å². The number of phosphoric ester groups is 1. The van der Waals surface area contributed by atoms with Crippen molar-refractivity contribution in [2.24, 2.45) is 0 Å². The summed E-state index contributed by atoms with van der Waals surface area (Å²) in [5, 5.41) is 0. The molecule has 0 unspecified atom stereocenters. The van der Waals surface area contributed by atoms with Crippen LogP contribution in [0.25, 0.3) is 0 Å². The van der Waals surface area contributed by atoms with Crippen LogP contribution in [0.15, 0.2) is 0 Å². The number of terminal acetylenes is 2. The maximum absolute atomic E-state index is 11.6. The van der Waals surface area contributed by atoms with E-state index in [2.05, 4.69) is 9.47 Å². The number of esters is 2. The quantitative estimate of drug-likeness (QED) is 0.161. The van der Waals surface area contributed by atoms with Gasteiger partial charge in [-0.2, -0.15) is 0 Å². The molecule has 140 valence electrons. The van der Waals surface area contributed by atoms with Gasteiger partial charge in [-0.05, 0) is 38.5 Å². The molecule has 0 heterocycles. The van der Waals surface area contributed by atoms with Gasteiger partial charge in [-0.15, -0.1) is 12.8 Å². The minimum absolute atomic E-state index is 0.0545. The molecule has 0 bridgehead atoms. The molecule has 0 aliphatic carbocycles. The molecule has 0 aromatic rings. The maximum Gasteiger partial charge on any atom is 0.472 e. The molecule has 0 fully saturated rings. The van der Waals surface area contributed by atoms with E-state index in [1.165, 1.54) is 0 Å². The SMILES string of the molecule is C#CC(=O)OCCCCCOP(=O)(O)OCCCCCOC(=O)C#C. The van der Waals surface area contributed by atoms with Crippen LogP contribution in [0.5, 0.6) is 0 Å². The Labute approximate surface area is 147 Å². The highest BCUT2D eigenvalue weighted by Gasteiger charge is 2.19. The van der Waals surface area contributed by atoms with Crippen LogP contribution in [0.1, 0.15) is 38.5 Å². The topological polar surface area (TPSA) is 108 Å². The molecule has 8 nitrogen and oxygen atoms in total. The zero-order chi connectivity index (χ0) is 19.0. The van der Waals surface area contributed by atoms with Crippen molar-refractivity contribution >= 4 is 19.8 Å². The summed E-state index contributed by atoms with van der Waals surface area (Å²) < 4.78 is 30.5. The lowest BCUT2D eigenvalue weighted by Crippen LogP contribution is -2.04. The zero-order valence-electron chi connectivity index (χ0n) is 14.0. The van der Waals surface area contributed by atoms with E-state index >= 15 is 0 Å². The van der Waals surface area contributed by atoms with Crippen LogP contribution in [0.2, 0.25) is 0 Å². The molecule has 0 spiro atoms. The Morgan fingerprint density at radius 1 is 0.760 bits per heavy atom. The van der Waals surface area contributed by atoms with Crippen molar-refractivity contribution in [3.05, 3.63) is 0 Å². The van der Waals surface area contributed by atoms with Crippen molar-refractivity contribution < 1.29 is 37.6 Å². The molecule has 0 aliphatic heterocycles. The predicted octanol–water partition coefficient (Wildman–Crippen LogP) is 1.81. The van der Waals surface area contributed by atoms with Gasteiger partial charge in [-0.25, -0.2) is 14.2 Å². The molecule has 9 heteroatoms. The van der Waals surface area contributed by atoms with Crippen molar-refractivity contribution in [3.8, 4) is 24.7 Å². The Morgan fingerprint density at radius 2 is 1.12 bits per heavy atom. The lowest BCUT2D eigenvalue weighted by Gasteiger charge is -2.12. The summed E-state index contributed by atoms with van der Waals surface area (Å²) in [5.74, 6) is 2.24. The van der Waals surface area contributed by atoms with Gasteiger partial charge in [-0.1, -0.05) is 0 Å². The van der Waals surface area contributed by atoms with E-state index in [1.807, 2.05) is 11.8 Å². The molecule has 25 heavy (non-hydrogen) atoms. The van der Waals surface area contributed by atoms with Gasteiger partial charge in [0.15, 0.2) is 0 Å². The second-order valence-corrected chi connectivity index (χ2v) is 6.27. The number of rotatable bonds is 14. The van der Waals surface area contributed by atoms with E-state index < -0.39 is 19.8 Å². The van der Waals surface area contributed by atoms with Gasteiger partial charge in [0.1, 0.15) is 0 Å². The van der Waals surface area contributed by atoms with E-state index in [4.69, 9.17) is 21.9 Å². The van der Waals surface area contributed by atoms with Crippen molar-refractivity contribution in [2.75, 3.05) is 26.4 Å². The highest BCUT2D eigenvalue weighted by Crippen LogP contribution is 2.43. The summed E-state index contributed by atoms with van der Waals surface area (Å²) in [5.41, 5.74) is 0. The third-order valence-corrected chi connectivity index (χ3v) is 3.81. The highest BCUT2D eigenvalue weighted by molar-refractivity contribution is 7.47. The number of hydrogen-bond donors (Lipinski definition) is 1. The summed E-state index contributed by atoms with van der Waals surface area (Å²) >= 11 is 0. The van der Waals surface area contributed by atoms with Crippen LogP contribution >= 0.6 is 7.82 Å². The third kappa shape index (κ3) is 15.4. The van der Waals surface area contributed by atoms with E-state index in [1.54, 1.807) is 0 Å². The third-order valence-electron chi connectivity index (χ3n) is 2.79. The molecular formula is C16H23O8P. The van der Waals surface area contributed by atoms with Crippen molar-refractivity contribution in [1.29, 1.82) is 0 Å². The first-order chi connectivity index (χ1) is 11.9. The monoisotopic (exact) mass is 374 g/mol. The van der Waals surface area contributed by atoms with Gasteiger partial charge in [0.25, 0.3) is 0 Å².